The third-order valence-corrected chi connectivity index (χ3v) is 4.11. The summed E-state index contributed by atoms with van der Waals surface area (Å²) in [5, 5.41) is 17.1. The minimum atomic E-state index is -0.934. The molecule has 2 rings (SSSR count). The van der Waals surface area contributed by atoms with Crippen molar-refractivity contribution in [1.82, 2.24) is 14.8 Å². The molecule has 2 aromatic rings. The van der Waals surface area contributed by atoms with Gasteiger partial charge in [-0.1, -0.05) is 17.8 Å². The zero-order valence-corrected chi connectivity index (χ0v) is 12.9. The van der Waals surface area contributed by atoms with Crippen molar-refractivity contribution < 1.29 is 14.3 Å². The van der Waals surface area contributed by atoms with Gasteiger partial charge in [-0.3, -0.25) is 4.79 Å². The summed E-state index contributed by atoms with van der Waals surface area (Å²) in [4.78, 5) is 10.6. The van der Waals surface area contributed by atoms with Crippen LogP contribution in [0.2, 0.25) is 0 Å². The van der Waals surface area contributed by atoms with E-state index in [4.69, 9.17) is 5.11 Å². The van der Waals surface area contributed by atoms with E-state index in [2.05, 4.69) is 26.1 Å². The van der Waals surface area contributed by atoms with E-state index in [9.17, 15) is 9.18 Å². The lowest BCUT2D eigenvalue weighted by molar-refractivity contribution is -0.133. The number of aliphatic carboxylic acids is 1. The summed E-state index contributed by atoms with van der Waals surface area (Å²) >= 11 is 4.19. The minimum Gasteiger partial charge on any atom is -0.481 e. The summed E-state index contributed by atoms with van der Waals surface area (Å²) in [6, 6.07) is 4.93. The Kier molecular flexibility index (Phi) is 4.77. The van der Waals surface area contributed by atoms with E-state index in [1.54, 1.807) is 22.8 Å². The third-order valence-electron chi connectivity index (χ3n) is 2.55. The number of rotatable bonds is 5. The molecule has 0 bridgehead atoms. The van der Waals surface area contributed by atoms with E-state index in [-0.39, 0.29) is 5.75 Å². The van der Waals surface area contributed by atoms with E-state index in [0.29, 0.717) is 27.6 Å². The van der Waals surface area contributed by atoms with Crippen LogP contribution in [0.4, 0.5) is 4.39 Å². The number of hydrogen-bond donors (Lipinski definition) is 1. The summed E-state index contributed by atoms with van der Waals surface area (Å²) in [5.74, 6) is -1.07. The first-order valence-corrected chi connectivity index (χ1v) is 7.54. The fourth-order valence-electron chi connectivity index (χ4n) is 1.68. The van der Waals surface area contributed by atoms with E-state index in [1.165, 1.54) is 0 Å². The molecule has 0 aliphatic heterocycles. The highest BCUT2D eigenvalue weighted by Gasteiger charge is 2.18. The lowest BCUT2D eigenvalue weighted by Gasteiger charge is -2.08. The number of carbonyl (C=O) groups is 1. The number of carboxylic acids is 1. The van der Waals surface area contributed by atoms with Crippen molar-refractivity contribution in [2.75, 3.05) is 5.75 Å². The molecular weight excluding hydrogens is 349 g/mol. The number of hydrogen-bond acceptors (Lipinski definition) is 4. The monoisotopic (exact) mass is 359 g/mol. The van der Waals surface area contributed by atoms with Crippen molar-refractivity contribution in [2.45, 2.75) is 18.6 Å². The predicted octanol–water partition coefficient (Wildman–Crippen LogP) is 3.04. The van der Waals surface area contributed by atoms with Crippen molar-refractivity contribution in [3.8, 4) is 11.4 Å². The molecule has 0 saturated heterocycles. The molecule has 0 atom stereocenters. The van der Waals surface area contributed by atoms with Gasteiger partial charge in [-0.05, 0) is 35.0 Å². The lowest BCUT2D eigenvalue weighted by Crippen LogP contribution is -2.04. The highest BCUT2D eigenvalue weighted by Crippen LogP contribution is 2.29. The van der Waals surface area contributed by atoms with Crippen LogP contribution in [0.5, 0.6) is 0 Å². The molecule has 0 spiro atoms. The van der Waals surface area contributed by atoms with Crippen LogP contribution in [0.1, 0.15) is 6.92 Å². The molecule has 1 aromatic heterocycles. The topological polar surface area (TPSA) is 68.0 Å². The molecule has 1 N–H and O–H groups in total. The minimum absolute atomic E-state index is 0.112. The Hall–Kier alpha value is -1.41. The Morgan fingerprint density at radius 2 is 2.25 bits per heavy atom. The molecule has 0 amide bonds. The average molecular weight is 360 g/mol. The molecule has 0 radical (unpaired) electrons. The van der Waals surface area contributed by atoms with Gasteiger partial charge in [0.15, 0.2) is 11.0 Å². The Bertz CT molecular complexity index is 648. The van der Waals surface area contributed by atoms with Gasteiger partial charge < -0.3 is 9.67 Å². The summed E-state index contributed by atoms with van der Waals surface area (Å²) in [5.41, 5.74) is 0.330. The van der Waals surface area contributed by atoms with Gasteiger partial charge in [-0.15, -0.1) is 10.2 Å². The molecule has 1 heterocycles. The molecular formula is C12H11BrFN3O2S. The summed E-state index contributed by atoms with van der Waals surface area (Å²) in [6.07, 6.45) is 0. The van der Waals surface area contributed by atoms with Crippen LogP contribution < -0.4 is 0 Å². The van der Waals surface area contributed by atoms with Crippen LogP contribution in [0.3, 0.4) is 0 Å². The van der Waals surface area contributed by atoms with Crippen molar-refractivity contribution in [3.05, 3.63) is 28.5 Å². The maximum atomic E-state index is 14.1. The fourth-order valence-corrected chi connectivity index (χ4v) is 2.77. The van der Waals surface area contributed by atoms with Crippen molar-refractivity contribution in [2.24, 2.45) is 0 Å². The first-order chi connectivity index (χ1) is 9.54. The highest BCUT2D eigenvalue weighted by atomic mass is 79.9. The number of benzene rings is 1. The van der Waals surface area contributed by atoms with Crippen molar-refractivity contribution >= 4 is 33.7 Å². The lowest BCUT2D eigenvalue weighted by atomic mass is 10.2. The van der Waals surface area contributed by atoms with Crippen LogP contribution in [-0.2, 0) is 11.3 Å². The Balaban J connectivity index is 2.42. The molecule has 8 heteroatoms. The Morgan fingerprint density at radius 1 is 1.50 bits per heavy atom. The summed E-state index contributed by atoms with van der Waals surface area (Å²) < 4.78 is 16.1. The number of halogens is 2. The van der Waals surface area contributed by atoms with Crippen LogP contribution >= 0.6 is 27.7 Å². The second-order valence-corrected chi connectivity index (χ2v) is 5.63. The molecule has 1 aromatic carbocycles. The second-order valence-electron chi connectivity index (χ2n) is 3.83. The Labute approximate surface area is 127 Å². The van der Waals surface area contributed by atoms with E-state index < -0.39 is 11.8 Å². The summed E-state index contributed by atoms with van der Waals surface area (Å²) in [6.45, 7) is 2.39. The largest absolute Gasteiger partial charge is 0.481 e. The van der Waals surface area contributed by atoms with E-state index in [1.807, 2.05) is 6.92 Å². The van der Waals surface area contributed by atoms with Gasteiger partial charge in [-0.2, -0.15) is 0 Å². The molecule has 5 nitrogen and oxygen atoms in total. The van der Waals surface area contributed by atoms with Gasteiger partial charge in [0.2, 0.25) is 0 Å². The van der Waals surface area contributed by atoms with E-state index in [0.717, 1.165) is 11.8 Å². The Morgan fingerprint density at radius 3 is 2.90 bits per heavy atom. The maximum absolute atomic E-state index is 14.1. The standard InChI is InChI=1S/C12H11BrFN3O2S/c1-2-17-11(7-4-3-5-8(13)10(7)14)15-16-12(17)20-6-9(18)19/h3-5H,2,6H2,1H3,(H,18,19). The zero-order valence-electron chi connectivity index (χ0n) is 10.5. The van der Waals surface area contributed by atoms with Crippen LogP contribution in [-0.4, -0.2) is 31.6 Å². The summed E-state index contributed by atoms with van der Waals surface area (Å²) in [7, 11) is 0. The molecule has 106 valence electrons. The highest BCUT2D eigenvalue weighted by molar-refractivity contribution is 9.10. The molecule has 0 fully saturated rings. The average Bonchev–Trinajstić information content (AvgIpc) is 2.82. The SMILES string of the molecule is CCn1c(SCC(=O)O)nnc1-c1cccc(Br)c1F. The van der Waals surface area contributed by atoms with Crippen LogP contribution in [0.15, 0.2) is 27.8 Å². The van der Waals surface area contributed by atoms with Gasteiger partial charge in [0.25, 0.3) is 0 Å². The van der Waals surface area contributed by atoms with E-state index >= 15 is 0 Å². The number of thioether (sulfide) groups is 1. The maximum Gasteiger partial charge on any atom is 0.313 e. The zero-order chi connectivity index (χ0) is 14.7. The van der Waals surface area contributed by atoms with Gasteiger partial charge >= 0.3 is 5.97 Å². The second kappa shape index (κ2) is 6.36. The van der Waals surface area contributed by atoms with Crippen molar-refractivity contribution in [3.63, 3.8) is 0 Å². The molecule has 0 aliphatic rings. The molecule has 0 aliphatic carbocycles. The van der Waals surface area contributed by atoms with Crippen LogP contribution in [0.25, 0.3) is 11.4 Å². The number of carboxylic acid groups (broad SMARTS) is 1. The number of nitrogens with zero attached hydrogens (tertiary/aromatic N) is 3. The van der Waals surface area contributed by atoms with Gasteiger partial charge in [-0.25, -0.2) is 4.39 Å². The third kappa shape index (κ3) is 3.01. The smallest absolute Gasteiger partial charge is 0.313 e. The van der Waals surface area contributed by atoms with Crippen LogP contribution in [0, 0.1) is 5.82 Å². The normalized spacial score (nSPS) is 10.8. The molecule has 20 heavy (non-hydrogen) atoms. The van der Waals surface area contributed by atoms with Gasteiger partial charge in [0.05, 0.1) is 15.8 Å². The predicted molar refractivity (Wildman–Crippen MR) is 77.1 cm³/mol. The first-order valence-electron chi connectivity index (χ1n) is 5.76. The quantitative estimate of drug-likeness (QED) is 0.831. The van der Waals surface area contributed by atoms with Gasteiger partial charge in [0, 0.05) is 6.54 Å². The van der Waals surface area contributed by atoms with Gasteiger partial charge in [0.1, 0.15) is 5.82 Å². The number of aromatic nitrogens is 3. The van der Waals surface area contributed by atoms with Crippen molar-refractivity contribution in [1.29, 1.82) is 0 Å². The molecule has 0 saturated carbocycles. The molecule has 0 unspecified atom stereocenters. The fraction of sp³-hybridized carbons (Fsp3) is 0.250. The first kappa shape index (κ1) is 15.0.